The van der Waals surface area contributed by atoms with Gasteiger partial charge in [0, 0.05) is 12.1 Å². The number of ketones is 1. The van der Waals surface area contributed by atoms with Crippen LogP contribution in [0.3, 0.4) is 0 Å². The Morgan fingerprint density at radius 1 is 1.20 bits per heavy atom. The highest BCUT2D eigenvalue weighted by Gasteiger charge is 2.05. The van der Waals surface area contributed by atoms with Crippen LogP contribution in [0.1, 0.15) is 23.7 Å². The number of nitrogens with one attached hydrogen (secondary N) is 1. The summed E-state index contributed by atoms with van der Waals surface area (Å²) in [7, 11) is 0. The third-order valence-electron chi connectivity index (χ3n) is 2.59. The molecule has 1 rings (SSSR count). The summed E-state index contributed by atoms with van der Waals surface area (Å²) in [5.41, 5.74) is 0.664. The normalized spacial score (nSPS) is 10.5. The van der Waals surface area contributed by atoms with E-state index < -0.39 is 0 Å². The van der Waals surface area contributed by atoms with Crippen molar-refractivity contribution in [3.05, 3.63) is 29.8 Å². The van der Waals surface area contributed by atoms with Gasteiger partial charge in [0.15, 0.2) is 5.78 Å². The Bertz CT molecular complexity index is 378. The quantitative estimate of drug-likeness (QED) is 0.472. The molecule has 0 spiro atoms. The van der Waals surface area contributed by atoms with Gasteiger partial charge in [-0.05, 0) is 30.7 Å². The van der Waals surface area contributed by atoms with Crippen LogP contribution in [0.15, 0.2) is 24.3 Å². The number of rotatable bonds is 11. The minimum absolute atomic E-state index is 0.0192. The Labute approximate surface area is 119 Å². The molecule has 0 bridgehead atoms. The van der Waals surface area contributed by atoms with Gasteiger partial charge in [-0.3, -0.25) is 4.79 Å². The van der Waals surface area contributed by atoms with Gasteiger partial charge in [0.05, 0.1) is 33.0 Å². The van der Waals surface area contributed by atoms with E-state index in [0.29, 0.717) is 31.9 Å². The molecule has 0 aliphatic heterocycles. The van der Waals surface area contributed by atoms with E-state index in [1.165, 1.54) is 0 Å². The van der Waals surface area contributed by atoms with Crippen molar-refractivity contribution < 1.29 is 19.4 Å². The van der Waals surface area contributed by atoms with E-state index in [4.69, 9.17) is 14.6 Å². The van der Waals surface area contributed by atoms with Gasteiger partial charge in [-0.1, -0.05) is 6.92 Å². The van der Waals surface area contributed by atoms with Crippen molar-refractivity contribution in [3.8, 4) is 5.75 Å². The highest BCUT2D eigenvalue weighted by molar-refractivity contribution is 5.97. The van der Waals surface area contributed by atoms with Gasteiger partial charge in [0.2, 0.25) is 0 Å². The monoisotopic (exact) mass is 281 g/mol. The minimum Gasteiger partial charge on any atom is -0.494 e. The second-order valence-corrected chi connectivity index (χ2v) is 4.31. The van der Waals surface area contributed by atoms with Gasteiger partial charge in [0.1, 0.15) is 5.75 Å². The van der Waals surface area contributed by atoms with Gasteiger partial charge >= 0.3 is 0 Å². The molecule has 0 saturated heterocycles. The molecule has 0 aromatic heterocycles. The molecule has 0 radical (unpaired) electrons. The molecular formula is C15H23NO4. The molecule has 0 heterocycles. The lowest BCUT2D eigenvalue weighted by Gasteiger charge is -2.07. The molecule has 2 N–H and O–H groups in total. The SMILES string of the molecule is CCCOc1ccc(C(=O)CNCCOCCO)cc1. The van der Waals surface area contributed by atoms with Gasteiger partial charge in [-0.25, -0.2) is 0 Å². The molecule has 0 unspecified atom stereocenters. The number of hydrogen-bond acceptors (Lipinski definition) is 5. The molecular weight excluding hydrogens is 258 g/mol. The second-order valence-electron chi connectivity index (χ2n) is 4.31. The van der Waals surface area contributed by atoms with E-state index in [9.17, 15) is 4.79 Å². The minimum atomic E-state index is 0.0192. The zero-order chi connectivity index (χ0) is 14.6. The van der Waals surface area contributed by atoms with Crippen LogP contribution in [0, 0.1) is 0 Å². The number of carbonyl (C=O) groups is 1. The van der Waals surface area contributed by atoms with E-state index in [2.05, 4.69) is 5.32 Å². The lowest BCUT2D eigenvalue weighted by Crippen LogP contribution is -2.26. The van der Waals surface area contributed by atoms with E-state index >= 15 is 0 Å². The summed E-state index contributed by atoms with van der Waals surface area (Å²) >= 11 is 0. The Morgan fingerprint density at radius 2 is 1.95 bits per heavy atom. The Morgan fingerprint density at radius 3 is 2.60 bits per heavy atom. The number of benzene rings is 1. The fourth-order valence-corrected chi connectivity index (χ4v) is 1.57. The molecule has 5 heteroatoms. The van der Waals surface area contributed by atoms with E-state index in [1.807, 2.05) is 19.1 Å². The second kappa shape index (κ2) is 10.4. The number of aliphatic hydroxyl groups excluding tert-OH is 1. The van der Waals surface area contributed by atoms with Gasteiger partial charge in [0.25, 0.3) is 0 Å². The fourth-order valence-electron chi connectivity index (χ4n) is 1.57. The number of ether oxygens (including phenoxy) is 2. The van der Waals surface area contributed by atoms with Gasteiger partial charge in [-0.2, -0.15) is 0 Å². The van der Waals surface area contributed by atoms with Crippen LogP contribution in [0.4, 0.5) is 0 Å². The summed E-state index contributed by atoms with van der Waals surface area (Å²) in [6, 6.07) is 7.18. The van der Waals surface area contributed by atoms with Crippen molar-refractivity contribution in [2.45, 2.75) is 13.3 Å². The van der Waals surface area contributed by atoms with Crippen molar-refractivity contribution in [2.75, 3.05) is 39.5 Å². The third kappa shape index (κ3) is 6.65. The summed E-state index contributed by atoms with van der Waals surface area (Å²) in [6.07, 6.45) is 0.961. The van der Waals surface area contributed by atoms with Crippen LogP contribution >= 0.6 is 0 Å². The zero-order valence-corrected chi connectivity index (χ0v) is 11.9. The van der Waals surface area contributed by atoms with Crippen LogP contribution in [0.25, 0.3) is 0 Å². The average Bonchev–Trinajstić information content (AvgIpc) is 2.49. The Hall–Kier alpha value is -1.43. The fraction of sp³-hybridized carbons (Fsp3) is 0.533. The number of aliphatic hydroxyl groups is 1. The molecule has 5 nitrogen and oxygen atoms in total. The largest absolute Gasteiger partial charge is 0.494 e. The lowest BCUT2D eigenvalue weighted by molar-refractivity contribution is 0.0906. The van der Waals surface area contributed by atoms with Crippen LogP contribution < -0.4 is 10.1 Å². The first-order chi connectivity index (χ1) is 9.77. The lowest BCUT2D eigenvalue weighted by atomic mass is 10.1. The molecule has 1 aromatic rings. The topological polar surface area (TPSA) is 67.8 Å². The Kier molecular flexibility index (Phi) is 8.62. The molecule has 0 fully saturated rings. The summed E-state index contributed by atoms with van der Waals surface area (Å²) in [6.45, 7) is 4.43. The summed E-state index contributed by atoms with van der Waals surface area (Å²) in [4.78, 5) is 11.9. The third-order valence-corrected chi connectivity index (χ3v) is 2.59. The predicted molar refractivity (Wildman–Crippen MR) is 77.3 cm³/mol. The Balaban J connectivity index is 2.25. The first-order valence-corrected chi connectivity index (χ1v) is 6.93. The first-order valence-electron chi connectivity index (χ1n) is 6.93. The molecule has 0 saturated carbocycles. The smallest absolute Gasteiger partial charge is 0.176 e. The number of hydrogen-bond donors (Lipinski definition) is 2. The maximum absolute atomic E-state index is 11.9. The first kappa shape index (κ1) is 16.6. The molecule has 112 valence electrons. The molecule has 0 aliphatic rings. The summed E-state index contributed by atoms with van der Waals surface area (Å²) in [5, 5.41) is 11.5. The van der Waals surface area contributed by atoms with Crippen molar-refractivity contribution in [2.24, 2.45) is 0 Å². The van der Waals surface area contributed by atoms with E-state index in [0.717, 1.165) is 12.2 Å². The van der Waals surface area contributed by atoms with Crippen LogP contribution in [0.5, 0.6) is 5.75 Å². The van der Waals surface area contributed by atoms with Gasteiger partial charge < -0.3 is 19.9 Å². The highest BCUT2D eigenvalue weighted by atomic mass is 16.5. The predicted octanol–water partition coefficient (Wildman–Crippen LogP) is 1.26. The average molecular weight is 281 g/mol. The molecule has 0 atom stereocenters. The van der Waals surface area contributed by atoms with Crippen molar-refractivity contribution in [1.29, 1.82) is 0 Å². The van der Waals surface area contributed by atoms with E-state index in [-0.39, 0.29) is 18.9 Å². The van der Waals surface area contributed by atoms with Gasteiger partial charge in [-0.15, -0.1) is 0 Å². The summed E-state index contributed by atoms with van der Waals surface area (Å²) in [5.74, 6) is 0.822. The summed E-state index contributed by atoms with van der Waals surface area (Å²) < 4.78 is 10.5. The van der Waals surface area contributed by atoms with Crippen molar-refractivity contribution in [3.63, 3.8) is 0 Å². The van der Waals surface area contributed by atoms with Crippen molar-refractivity contribution >= 4 is 5.78 Å². The molecule has 0 aliphatic carbocycles. The van der Waals surface area contributed by atoms with Crippen LogP contribution in [-0.2, 0) is 4.74 Å². The number of Topliss-reactive ketones (excluding diaryl/α,β-unsaturated/α-hetero) is 1. The van der Waals surface area contributed by atoms with Crippen molar-refractivity contribution in [1.82, 2.24) is 5.32 Å². The molecule has 0 amide bonds. The number of carbonyl (C=O) groups excluding carboxylic acids is 1. The van der Waals surface area contributed by atoms with E-state index in [1.54, 1.807) is 12.1 Å². The zero-order valence-electron chi connectivity index (χ0n) is 11.9. The standard InChI is InChI=1S/C15H23NO4/c1-2-9-20-14-5-3-13(4-6-14)15(18)12-16-7-10-19-11-8-17/h3-6,16-17H,2,7-12H2,1H3. The molecule has 1 aromatic carbocycles. The maximum Gasteiger partial charge on any atom is 0.176 e. The van der Waals surface area contributed by atoms with Crippen LogP contribution in [-0.4, -0.2) is 50.4 Å². The highest BCUT2D eigenvalue weighted by Crippen LogP contribution is 2.12. The maximum atomic E-state index is 11.9. The molecule has 20 heavy (non-hydrogen) atoms. The van der Waals surface area contributed by atoms with Crippen LogP contribution in [0.2, 0.25) is 0 Å².